The molecule has 1 saturated carbocycles. The van der Waals surface area contributed by atoms with Crippen LogP contribution in [0.3, 0.4) is 0 Å². The molecule has 2 atom stereocenters. The number of Topliss-reactive ketones (excluding diaryl/α,β-unsaturated/α-hetero) is 1. The molecule has 4 rings (SSSR count). The second kappa shape index (κ2) is 9.69. The molecule has 1 aliphatic carbocycles. The van der Waals surface area contributed by atoms with E-state index in [9.17, 15) is 9.59 Å². The predicted octanol–water partition coefficient (Wildman–Crippen LogP) is 7.17. The monoisotopic (exact) mass is 533 g/mol. The van der Waals surface area contributed by atoms with E-state index in [1.165, 1.54) is 0 Å². The molecule has 2 unspecified atom stereocenters. The van der Waals surface area contributed by atoms with Gasteiger partial charge in [-0.1, -0.05) is 34.8 Å². The van der Waals surface area contributed by atoms with Gasteiger partial charge in [0.25, 0.3) is 0 Å². The largest absolute Gasteiger partial charge is 0.381 e. The third-order valence-corrected chi connectivity index (χ3v) is 7.64. The van der Waals surface area contributed by atoms with Gasteiger partial charge in [0.1, 0.15) is 4.33 Å². The minimum absolute atomic E-state index is 0.0556. The number of nitrogens with one attached hydrogen (secondary N) is 1. The Morgan fingerprint density at radius 1 is 1.00 bits per heavy atom. The van der Waals surface area contributed by atoms with Crippen molar-refractivity contribution in [2.45, 2.75) is 29.5 Å². The highest BCUT2D eigenvalue weighted by Gasteiger charge is 2.67. The van der Waals surface area contributed by atoms with Gasteiger partial charge in [-0.2, -0.15) is 0 Å². The van der Waals surface area contributed by atoms with Crippen LogP contribution in [-0.2, 0) is 9.53 Å². The van der Waals surface area contributed by atoms with Crippen molar-refractivity contribution in [2.24, 2.45) is 11.8 Å². The van der Waals surface area contributed by atoms with E-state index in [4.69, 9.17) is 62.7 Å². The number of ketones is 1. The molecule has 32 heavy (non-hydrogen) atoms. The van der Waals surface area contributed by atoms with Gasteiger partial charge in [0, 0.05) is 46.8 Å². The average Bonchev–Trinajstić information content (AvgIpc) is 3.31. The molecule has 0 radical (unpaired) electrons. The minimum Gasteiger partial charge on any atom is -0.381 e. The summed E-state index contributed by atoms with van der Waals surface area (Å²) in [6.07, 6.45) is 2.10. The number of rotatable bonds is 6. The van der Waals surface area contributed by atoms with E-state index in [0.717, 1.165) is 12.8 Å². The van der Waals surface area contributed by atoms with Crippen molar-refractivity contribution in [3.05, 3.63) is 62.6 Å². The van der Waals surface area contributed by atoms with Crippen LogP contribution in [0.15, 0.2) is 36.4 Å². The van der Waals surface area contributed by atoms with Crippen LogP contribution >= 0.6 is 58.0 Å². The van der Waals surface area contributed by atoms with Crippen LogP contribution in [0.25, 0.3) is 0 Å². The lowest BCUT2D eigenvalue weighted by Gasteiger charge is -2.21. The molecule has 170 valence electrons. The van der Waals surface area contributed by atoms with Crippen molar-refractivity contribution in [1.82, 2.24) is 0 Å². The van der Waals surface area contributed by atoms with E-state index in [1.807, 2.05) is 0 Å². The highest BCUT2D eigenvalue weighted by molar-refractivity contribution is 6.53. The first-order chi connectivity index (χ1) is 15.2. The third-order valence-electron chi connectivity index (χ3n) is 5.93. The normalized spacial score (nSPS) is 22.4. The van der Waals surface area contributed by atoms with Crippen molar-refractivity contribution in [3.63, 3.8) is 0 Å². The van der Waals surface area contributed by atoms with Gasteiger partial charge in [-0.3, -0.25) is 9.59 Å². The van der Waals surface area contributed by atoms with Crippen molar-refractivity contribution in [2.75, 3.05) is 18.5 Å². The number of amides is 1. The number of carbonyl (C=O) groups is 2. The summed E-state index contributed by atoms with van der Waals surface area (Å²) in [5.41, 5.74) is 1.53. The van der Waals surface area contributed by atoms with Crippen molar-refractivity contribution in [3.8, 4) is 0 Å². The number of benzene rings is 2. The predicted molar refractivity (Wildman–Crippen MR) is 130 cm³/mol. The first kappa shape index (κ1) is 24.1. The highest BCUT2D eigenvalue weighted by Crippen LogP contribution is 2.65. The fraction of sp³-hybridized carbons (Fsp3) is 0.391. The molecule has 0 spiro atoms. The van der Waals surface area contributed by atoms with Gasteiger partial charge in [0.2, 0.25) is 5.91 Å². The van der Waals surface area contributed by atoms with Crippen LogP contribution in [0.5, 0.6) is 0 Å². The zero-order valence-corrected chi connectivity index (χ0v) is 20.6. The standard InChI is InChI=1S/C23H20Cl5NO3/c24-14-8-13(9-15(25)10-14)20-21(23(20,27)28)22(31)29-16-1-2-18(26)17(11-16)19(30)7-12-3-5-32-6-4-12/h1-2,8-12,20-21H,3-7H2,(H,29,31). The lowest BCUT2D eigenvalue weighted by molar-refractivity contribution is -0.117. The second-order valence-electron chi connectivity index (χ2n) is 8.20. The summed E-state index contributed by atoms with van der Waals surface area (Å²) in [6, 6.07) is 9.83. The number of ether oxygens (including phenoxy) is 1. The van der Waals surface area contributed by atoms with Crippen LogP contribution in [0.1, 0.15) is 41.1 Å². The summed E-state index contributed by atoms with van der Waals surface area (Å²) in [4.78, 5) is 25.8. The van der Waals surface area contributed by atoms with Gasteiger partial charge >= 0.3 is 0 Å². The topological polar surface area (TPSA) is 55.4 Å². The van der Waals surface area contributed by atoms with Gasteiger partial charge in [0.15, 0.2) is 5.78 Å². The molecule has 2 fully saturated rings. The Hall–Kier alpha value is -1.01. The lowest BCUT2D eigenvalue weighted by atomic mass is 9.92. The van der Waals surface area contributed by atoms with Crippen molar-refractivity contribution < 1.29 is 14.3 Å². The summed E-state index contributed by atoms with van der Waals surface area (Å²) in [5, 5.41) is 4.04. The van der Waals surface area contributed by atoms with E-state index in [-0.39, 0.29) is 17.6 Å². The number of alkyl halides is 2. The molecule has 2 aliphatic rings. The Kier molecular flexibility index (Phi) is 7.31. The Labute approximate surface area is 211 Å². The molecule has 9 heteroatoms. The maximum absolute atomic E-state index is 12.9. The minimum atomic E-state index is -1.29. The zero-order chi connectivity index (χ0) is 23.0. The first-order valence-electron chi connectivity index (χ1n) is 10.2. The molecule has 1 aliphatic heterocycles. The van der Waals surface area contributed by atoms with Gasteiger partial charge in [-0.25, -0.2) is 0 Å². The Bertz CT molecular complexity index is 1030. The fourth-order valence-electron chi connectivity index (χ4n) is 4.18. The quantitative estimate of drug-likeness (QED) is 0.315. The van der Waals surface area contributed by atoms with Crippen molar-refractivity contribution >= 4 is 75.4 Å². The van der Waals surface area contributed by atoms with Crippen LogP contribution in [0.4, 0.5) is 5.69 Å². The van der Waals surface area contributed by atoms with Gasteiger partial charge in [-0.15, -0.1) is 23.2 Å². The summed E-state index contributed by atoms with van der Waals surface area (Å²) < 4.78 is 4.07. The third kappa shape index (κ3) is 5.22. The molecule has 2 aromatic rings. The molecule has 1 N–H and O–H groups in total. The van der Waals surface area contributed by atoms with Crippen LogP contribution < -0.4 is 5.32 Å². The molecule has 0 bridgehead atoms. The van der Waals surface area contributed by atoms with E-state index in [0.29, 0.717) is 51.5 Å². The number of carbonyl (C=O) groups excluding carboxylic acids is 2. The second-order valence-corrected chi connectivity index (χ2v) is 10.9. The number of anilines is 1. The molecule has 1 heterocycles. The van der Waals surface area contributed by atoms with Gasteiger partial charge in [-0.05, 0) is 60.7 Å². The van der Waals surface area contributed by atoms with Crippen LogP contribution in [0.2, 0.25) is 15.1 Å². The number of hydrogen-bond acceptors (Lipinski definition) is 3. The highest BCUT2D eigenvalue weighted by atomic mass is 35.5. The molecular formula is C23H20Cl5NO3. The Morgan fingerprint density at radius 2 is 1.66 bits per heavy atom. The van der Waals surface area contributed by atoms with E-state index >= 15 is 0 Å². The van der Waals surface area contributed by atoms with E-state index in [1.54, 1.807) is 36.4 Å². The maximum atomic E-state index is 12.9. The van der Waals surface area contributed by atoms with E-state index < -0.39 is 16.2 Å². The molecule has 2 aromatic carbocycles. The summed E-state index contributed by atoms with van der Waals surface area (Å²) in [6.45, 7) is 1.33. The maximum Gasteiger partial charge on any atom is 0.231 e. The zero-order valence-electron chi connectivity index (χ0n) is 16.8. The fourth-order valence-corrected chi connectivity index (χ4v) is 5.78. The first-order valence-corrected chi connectivity index (χ1v) is 12.1. The SMILES string of the molecule is O=C(CC1CCOCC1)c1cc(NC(=O)C2C(c3cc(Cl)cc(Cl)c3)C2(Cl)Cl)ccc1Cl. The number of halogens is 5. The van der Waals surface area contributed by atoms with Gasteiger partial charge in [0.05, 0.1) is 10.9 Å². The molecule has 1 amide bonds. The van der Waals surface area contributed by atoms with Gasteiger partial charge < -0.3 is 10.1 Å². The Balaban J connectivity index is 1.47. The van der Waals surface area contributed by atoms with Crippen LogP contribution in [-0.4, -0.2) is 29.2 Å². The van der Waals surface area contributed by atoms with Crippen molar-refractivity contribution in [1.29, 1.82) is 0 Å². The van der Waals surface area contributed by atoms with Crippen LogP contribution in [0, 0.1) is 11.8 Å². The average molecular weight is 536 g/mol. The number of hydrogen-bond donors (Lipinski definition) is 1. The summed E-state index contributed by atoms with van der Waals surface area (Å²) >= 11 is 31.3. The summed E-state index contributed by atoms with van der Waals surface area (Å²) in [7, 11) is 0. The molecule has 4 nitrogen and oxygen atoms in total. The molecule has 0 aromatic heterocycles. The smallest absolute Gasteiger partial charge is 0.231 e. The molecule has 1 saturated heterocycles. The Morgan fingerprint density at radius 3 is 2.31 bits per heavy atom. The lowest BCUT2D eigenvalue weighted by Crippen LogP contribution is -2.19. The summed E-state index contributed by atoms with van der Waals surface area (Å²) in [5.74, 6) is -1.29. The molecular weight excluding hydrogens is 516 g/mol. The van der Waals surface area contributed by atoms with E-state index in [2.05, 4.69) is 5.32 Å².